The van der Waals surface area contributed by atoms with E-state index in [1.807, 2.05) is 6.07 Å². The summed E-state index contributed by atoms with van der Waals surface area (Å²) in [7, 11) is 0. The second-order valence-electron chi connectivity index (χ2n) is 7.19. The van der Waals surface area contributed by atoms with Crippen LogP contribution in [-0.4, -0.2) is 41.7 Å². The summed E-state index contributed by atoms with van der Waals surface area (Å²) in [5.74, 6) is 1.75. The van der Waals surface area contributed by atoms with Crippen LogP contribution >= 0.6 is 0 Å². The summed E-state index contributed by atoms with van der Waals surface area (Å²) in [6, 6.07) is 8.23. The van der Waals surface area contributed by atoms with Gasteiger partial charge in [0.1, 0.15) is 11.4 Å². The van der Waals surface area contributed by atoms with Crippen LogP contribution < -0.4 is 14.5 Å². The van der Waals surface area contributed by atoms with Crippen LogP contribution in [0.4, 0.5) is 11.6 Å². The number of benzene rings is 1. The van der Waals surface area contributed by atoms with E-state index >= 15 is 0 Å². The lowest BCUT2D eigenvalue weighted by atomic mass is 10.1. The number of aryl methyl sites for hydroxylation is 1. The molecule has 3 rings (SSSR count). The number of aromatic nitrogens is 2. The highest BCUT2D eigenvalue weighted by Gasteiger charge is 2.20. The molecule has 2 heterocycles. The molecule has 0 bridgehead atoms. The predicted molar refractivity (Wildman–Crippen MR) is 98.0 cm³/mol. The summed E-state index contributed by atoms with van der Waals surface area (Å²) in [4.78, 5) is 13.4. The number of anilines is 2. The van der Waals surface area contributed by atoms with E-state index in [4.69, 9.17) is 4.74 Å². The predicted octanol–water partition coefficient (Wildman–Crippen LogP) is 3.29. The summed E-state index contributed by atoms with van der Waals surface area (Å²) in [5, 5.41) is 0. The standard InChI is InChI=1S/C19H26N4O/c1-15-14-16(24-19(2,3)4)6-7-17(15)22-10-12-23(13-11-22)18-20-8-5-9-21-18/h5-9,14H,10-13H2,1-4H3. The lowest BCUT2D eigenvalue weighted by Crippen LogP contribution is -2.47. The van der Waals surface area contributed by atoms with Crippen molar-refractivity contribution < 1.29 is 4.74 Å². The van der Waals surface area contributed by atoms with Crippen LogP contribution in [0.5, 0.6) is 5.75 Å². The highest BCUT2D eigenvalue weighted by atomic mass is 16.5. The van der Waals surface area contributed by atoms with Crippen molar-refractivity contribution in [1.29, 1.82) is 0 Å². The highest BCUT2D eigenvalue weighted by Crippen LogP contribution is 2.28. The number of rotatable bonds is 3. The van der Waals surface area contributed by atoms with Gasteiger partial charge < -0.3 is 14.5 Å². The van der Waals surface area contributed by atoms with E-state index in [1.165, 1.54) is 11.3 Å². The van der Waals surface area contributed by atoms with Gasteiger partial charge in [-0.1, -0.05) is 0 Å². The van der Waals surface area contributed by atoms with Crippen molar-refractivity contribution in [3.63, 3.8) is 0 Å². The molecule has 1 aliphatic rings. The van der Waals surface area contributed by atoms with E-state index in [0.717, 1.165) is 37.9 Å². The van der Waals surface area contributed by atoms with E-state index in [2.05, 4.69) is 65.7 Å². The van der Waals surface area contributed by atoms with Gasteiger partial charge in [-0.15, -0.1) is 0 Å². The van der Waals surface area contributed by atoms with Gasteiger partial charge in [0, 0.05) is 44.3 Å². The first kappa shape index (κ1) is 16.6. The molecule has 1 saturated heterocycles. The molecule has 1 aromatic heterocycles. The Balaban J connectivity index is 1.66. The zero-order valence-electron chi connectivity index (χ0n) is 15.0. The van der Waals surface area contributed by atoms with Crippen LogP contribution in [-0.2, 0) is 0 Å². The Hall–Kier alpha value is -2.30. The first-order valence-electron chi connectivity index (χ1n) is 8.49. The van der Waals surface area contributed by atoms with Gasteiger partial charge in [0.05, 0.1) is 0 Å². The number of hydrogen-bond donors (Lipinski definition) is 0. The Morgan fingerprint density at radius 3 is 2.17 bits per heavy atom. The van der Waals surface area contributed by atoms with Crippen LogP contribution in [0.3, 0.4) is 0 Å². The Labute approximate surface area is 144 Å². The Morgan fingerprint density at radius 2 is 1.58 bits per heavy atom. The van der Waals surface area contributed by atoms with Crippen LogP contribution in [0, 0.1) is 6.92 Å². The van der Waals surface area contributed by atoms with E-state index in [-0.39, 0.29) is 5.60 Å². The van der Waals surface area contributed by atoms with Crippen LogP contribution in [0.2, 0.25) is 0 Å². The molecule has 5 heteroatoms. The molecular formula is C19H26N4O. The van der Waals surface area contributed by atoms with Crippen LogP contribution in [0.15, 0.2) is 36.7 Å². The maximum absolute atomic E-state index is 5.96. The molecule has 0 aliphatic carbocycles. The third-order valence-corrected chi connectivity index (χ3v) is 4.05. The molecule has 1 aromatic carbocycles. The first-order chi connectivity index (χ1) is 11.4. The van der Waals surface area contributed by atoms with Gasteiger partial charge in [-0.25, -0.2) is 9.97 Å². The fourth-order valence-corrected chi connectivity index (χ4v) is 3.00. The van der Waals surface area contributed by atoms with E-state index in [1.54, 1.807) is 12.4 Å². The molecule has 0 radical (unpaired) electrons. The molecule has 0 N–H and O–H groups in total. The number of hydrogen-bond acceptors (Lipinski definition) is 5. The second kappa shape index (κ2) is 6.67. The smallest absolute Gasteiger partial charge is 0.225 e. The average Bonchev–Trinajstić information content (AvgIpc) is 2.55. The van der Waals surface area contributed by atoms with Crippen molar-refractivity contribution in [2.24, 2.45) is 0 Å². The number of nitrogens with zero attached hydrogens (tertiary/aromatic N) is 4. The number of ether oxygens (including phenoxy) is 1. The van der Waals surface area contributed by atoms with Gasteiger partial charge >= 0.3 is 0 Å². The van der Waals surface area contributed by atoms with Crippen molar-refractivity contribution in [3.8, 4) is 5.75 Å². The van der Waals surface area contributed by atoms with E-state index in [9.17, 15) is 0 Å². The van der Waals surface area contributed by atoms with Crippen molar-refractivity contribution in [2.75, 3.05) is 36.0 Å². The van der Waals surface area contributed by atoms with Crippen molar-refractivity contribution >= 4 is 11.6 Å². The molecule has 5 nitrogen and oxygen atoms in total. The first-order valence-corrected chi connectivity index (χ1v) is 8.49. The second-order valence-corrected chi connectivity index (χ2v) is 7.19. The maximum Gasteiger partial charge on any atom is 0.225 e. The molecule has 0 saturated carbocycles. The van der Waals surface area contributed by atoms with Gasteiger partial charge in [0.15, 0.2) is 0 Å². The monoisotopic (exact) mass is 326 g/mol. The molecule has 24 heavy (non-hydrogen) atoms. The Bertz CT molecular complexity index is 674. The molecule has 128 valence electrons. The molecule has 0 atom stereocenters. The maximum atomic E-state index is 5.96. The van der Waals surface area contributed by atoms with Gasteiger partial charge in [-0.3, -0.25) is 0 Å². The minimum Gasteiger partial charge on any atom is -0.488 e. The van der Waals surface area contributed by atoms with Gasteiger partial charge in [0.25, 0.3) is 0 Å². The SMILES string of the molecule is Cc1cc(OC(C)(C)C)ccc1N1CCN(c2ncccn2)CC1. The summed E-state index contributed by atoms with van der Waals surface area (Å²) in [6.07, 6.45) is 3.60. The van der Waals surface area contributed by atoms with Crippen molar-refractivity contribution in [3.05, 3.63) is 42.2 Å². The summed E-state index contributed by atoms with van der Waals surface area (Å²) in [5.41, 5.74) is 2.36. The molecule has 0 unspecified atom stereocenters. The lowest BCUT2D eigenvalue weighted by molar-refractivity contribution is 0.131. The summed E-state index contributed by atoms with van der Waals surface area (Å²) < 4.78 is 5.96. The minimum absolute atomic E-state index is 0.171. The molecular weight excluding hydrogens is 300 g/mol. The van der Waals surface area contributed by atoms with Gasteiger partial charge in [0.2, 0.25) is 5.95 Å². The molecule has 2 aromatic rings. The average molecular weight is 326 g/mol. The summed E-state index contributed by atoms with van der Waals surface area (Å²) >= 11 is 0. The summed E-state index contributed by atoms with van der Waals surface area (Å²) in [6.45, 7) is 12.2. The third-order valence-electron chi connectivity index (χ3n) is 4.05. The van der Waals surface area contributed by atoms with Crippen LogP contribution in [0.25, 0.3) is 0 Å². The normalized spacial score (nSPS) is 15.5. The molecule has 1 fully saturated rings. The molecule has 1 aliphatic heterocycles. The van der Waals surface area contributed by atoms with Crippen molar-refractivity contribution in [2.45, 2.75) is 33.3 Å². The van der Waals surface area contributed by atoms with Crippen molar-refractivity contribution in [1.82, 2.24) is 9.97 Å². The quantitative estimate of drug-likeness (QED) is 0.866. The Kier molecular flexibility index (Phi) is 4.60. The van der Waals surface area contributed by atoms with Gasteiger partial charge in [-0.05, 0) is 57.5 Å². The Morgan fingerprint density at radius 1 is 0.958 bits per heavy atom. The minimum atomic E-state index is -0.171. The third kappa shape index (κ3) is 3.96. The topological polar surface area (TPSA) is 41.5 Å². The zero-order valence-corrected chi connectivity index (χ0v) is 15.0. The zero-order chi connectivity index (χ0) is 17.2. The van der Waals surface area contributed by atoms with E-state index in [0.29, 0.717) is 0 Å². The highest BCUT2D eigenvalue weighted by molar-refractivity contribution is 5.57. The van der Waals surface area contributed by atoms with Crippen LogP contribution in [0.1, 0.15) is 26.3 Å². The van der Waals surface area contributed by atoms with E-state index < -0.39 is 0 Å². The molecule has 0 amide bonds. The number of piperazine rings is 1. The van der Waals surface area contributed by atoms with Gasteiger partial charge in [-0.2, -0.15) is 0 Å². The largest absolute Gasteiger partial charge is 0.488 e. The fraction of sp³-hybridized carbons (Fsp3) is 0.474. The lowest BCUT2D eigenvalue weighted by Gasteiger charge is -2.37. The molecule has 0 spiro atoms. The fourth-order valence-electron chi connectivity index (χ4n) is 3.00.